The molecule has 330 valence electrons. The van der Waals surface area contributed by atoms with E-state index in [4.69, 9.17) is 0 Å². The molecule has 20 nitrogen and oxygen atoms in total. The summed E-state index contributed by atoms with van der Waals surface area (Å²) in [6, 6.07) is 26.6. The molecule has 0 amide bonds. The maximum Gasteiger partial charge on any atom is 0.295 e. The first-order valence-electron chi connectivity index (χ1n) is 18.4. The first-order chi connectivity index (χ1) is 30.6. The van der Waals surface area contributed by atoms with E-state index in [1.807, 2.05) is 6.07 Å². The molecular formula is C41H29N7O13S4. The van der Waals surface area contributed by atoms with Gasteiger partial charge in [0.15, 0.2) is 5.75 Å². The number of nitrogens with one attached hydrogen (secondary N) is 1. The van der Waals surface area contributed by atoms with Crippen molar-refractivity contribution in [3.8, 4) is 5.75 Å². The molecule has 0 fully saturated rings. The number of fused-ring (bicyclic) bond motifs is 4. The van der Waals surface area contributed by atoms with Gasteiger partial charge in [-0.1, -0.05) is 30.3 Å². The van der Waals surface area contributed by atoms with E-state index in [1.165, 1.54) is 42.5 Å². The standard InChI is InChI=1S/C41H29N7O13S4/c1-42-23-6-9-27-22(17-23)5-12-38(41(27)49)48-47-37-16-14-35(29-11-8-26(21-32(29)37)63(53,54)55)45-46-36-15-13-34(28-10-7-25(20-31(28)36)62(50,51)52)44-43-24-18-33-30(40(19-24)65(59,60)61)3-2-4-39(33)64(56,57)58/h2-21,42,49H,1H3,(H,50,51,52)(H,53,54,55)(H,56,57,58)(H,59,60,61). The molecule has 0 saturated heterocycles. The molecule has 0 heterocycles. The Balaban J connectivity index is 1.22. The molecule has 8 aromatic rings. The minimum atomic E-state index is -4.98. The average Bonchev–Trinajstić information content (AvgIpc) is 3.25. The Bertz CT molecular complexity index is 3900. The molecule has 0 aliphatic heterocycles. The summed E-state index contributed by atoms with van der Waals surface area (Å²) in [4.78, 5) is -2.43. The van der Waals surface area contributed by atoms with Crippen molar-refractivity contribution in [2.45, 2.75) is 19.6 Å². The third-order valence-corrected chi connectivity index (χ3v) is 13.5. The van der Waals surface area contributed by atoms with Gasteiger partial charge in [-0.25, -0.2) is 0 Å². The summed E-state index contributed by atoms with van der Waals surface area (Å²) in [6.45, 7) is 0. The van der Waals surface area contributed by atoms with Crippen LogP contribution in [0.1, 0.15) is 0 Å². The number of benzene rings is 8. The lowest BCUT2D eigenvalue weighted by atomic mass is 10.1. The Morgan fingerprint density at radius 3 is 1.38 bits per heavy atom. The molecule has 0 aromatic heterocycles. The molecule has 0 unspecified atom stereocenters. The predicted molar refractivity (Wildman–Crippen MR) is 239 cm³/mol. The van der Waals surface area contributed by atoms with Crippen LogP contribution in [0.4, 0.5) is 39.8 Å². The number of nitrogens with zero attached hydrogens (tertiary/aromatic N) is 6. The van der Waals surface area contributed by atoms with Gasteiger partial charge in [-0.3, -0.25) is 18.2 Å². The lowest BCUT2D eigenvalue weighted by Crippen LogP contribution is -2.03. The molecular weight excluding hydrogens is 927 g/mol. The van der Waals surface area contributed by atoms with Crippen LogP contribution in [0.25, 0.3) is 43.1 Å². The molecule has 0 saturated carbocycles. The van der Waals surface area contributed by atoms with Crippen molar-refractivity contribution in [3.05, 3.63) is 121 Å². The fourth-order valence-corrected chi connectivity index (χ4v) is 9.37. The van der Waals surface area contributed by atoms with Crippen LogP contribution in [-0.4, -0.2) is 64.0 Å². The fourth-order valence-electron chi connectivity index (χ4n) is 6.93. The van der Waals surface area contributed by atoms with Gasteiger partial charge in [0.1, 0.15) is 15.5 Å². The molecule has 0 aliphatic carbocycles. The van der Waals surface area contributed by atoms with Gasteiger partial charge in [-0.15, -0.1) is 25.6 Å². The van der Waals surface area contributed by atoms with Gasteiger partial charge in [0, 0.05) is 50.4 Å². The van der Waals surface area contributed by atoms with Crippen molar-refractivity contribution in [2.24, 2.45) is 30.7 Å². The maximum atomic E-state index is 12.3. The zero-order chi connectivity index (χ0) is 46.6. The van der Waals surface area contributed by atoms with Crippen molar-refractivity contribution >= 4 is 123 Å². The SMILES string of the molecule is CNc1ccc2c(O)c(N=Nc3ccc(N=Nc4ccc(N=Nc5cc(S(=O)(=O)O)c6cccc(S(=O)(=O)O)c6c5)c5ccc(S(=O)(=O)O)cc45)c4ccc(S(=O)(=O)O)cc34)ccc2c1. The van der Waals surface area contributed by atoms with Crippen LogP contribution in [-0.2, 0) is 40.5 Å². The first kappa shape index (κ1) is 44.4. The van der Waals surface area contributed by atoms with Crippen LogP contribution in [0.15, 0.2) is 172 Å². The number of phenolic OH excluding ortho intramolecular Hbond substituents is 1. The highest BCUT2D eigenvalue weighted by molar-refractivity contribution is 7.86. The molecule has 24 heteroatoms. The molecule has 6 N–H and O–H groups in total. The normalized spacial score (nSPS) is 13.1. The van der Waals surface area contributed by atoms with E-state index in [1.54, 1.807) is 31.3 Å². The average molecular weight is 956 g/mol. The van der Waals surface area contributed by atoms with Crippen LogP contribution in [0.5, 0.6) is 5.75 Å². The van der Waals surface area contributed by atoms with Gasteiger partial charge in [0.25, 0.3) is 40.5 Å². The highest BCUT2D eigenvalue weighted by Gasteiger charge is 2.22. The van der Waals surface area contributed by atoms with Crippen molar-refractivity contribution in [2.75, 3.05) is 12.4 Å². The van der Waals surface area contributed by atoms with E-state index in [9.17, 15) is 57.0 Å². The number of rotatable bonds is 11. The zero-order valence-electron chi connectivity index (χ0n) is 32.9. The quantitative estimate of drug-likeness (QED) is 0.0519. The van der Waals surface area contributed by atoms with E-state index >= 15 is 0 Å². The maximum absolute atomic E-state index is 12.3. The number of anilines is 1. The second-order valence-corrected chi connectivity index (χ2v) is 19.7. The van der Waals surface area contributed by atoms with Crippen LogP contribution in [0, 0.1) is 0 Å². The molecule has 0 spiro atoms. The summed E-state index contributed by atoms with van der Waals surface area (Å²) >= 11 is 0. The van der Waals surface area contributed by atoms with E-state index in [0.29, 0.717) is 5.39 Å². The van der Waals surface area contributed by atoms with Crippen molar-refractivity contribution in [1.82, 2.24) is 0 Å². The van der Waals surface area contributed by atoms with E-state index < -0.39 is 60.1 Å². The van der Waals surface area contributed by atoms with Crippen LogP contribution in [0.3, 0.4) is 0 Å². The zero-order valence-corrected chi connectivity index (χ0v) is 36.1. The number of phenols is 1. The summed E-state index contributed by atoms with van der Waals surface area (Å²) in [6.07, 6.45) is 0. The van der Waals surface area contributed by atoms with E-state index in [-0.39, 0.29) is 72.2 Å². The van der Waals surface area contributed by atoms with E-state index in [2.05, 4.69) is 36.0 Å². The summed E-state index contributed by atoms with van der Waals surface area (Å²) in [5, 5.41) is 40.7. The molecule has 0 bridgehead atoms. The van der Waals surface area contributed by atoms with Crippen molar-refractivity contribution < 1.29 is 57.0 Å². The third kappa shape index (κ3) is 9.00. The molecule has 0 aliphatic rings. The molecule has 8 rings (SSSR count). The highest BCUT2D eigenvalue weighted by Crippen LogP contribution is 2.42. The summed E-state index contributed by atoms with van der Waals surface area (Å²) < 4.78 is 137. The van der Waals surface area contributed by atoms with Crippen molar-refractivity contribution in [3.63, 3.8) is 0 Å². The Morgan fingerprint density at radius 2 is 0.877 bits per heavy atom. The van der Waals surface area contributed by atoms with Gasteiger partial charge >= 0.3 is 0 Å². The Kier molecular flexibility index (Phi) is 11.2. The van der Waals surface area contributed by atoms with Crippen LogP contribution < -0.4 is 5.32 Å². The molecule has 65 heavy (non-hydrogen) atoms. The van der Waals surface area contributed by atoms with Gasteiger partial charge in [-0.2, -0.15) is 38.8 Å². The second kappa shape index (κ2) is 16.4. The second-order valence-electron chi connectivity index (χ2n) is 14.0. The monoisotopic (exact) mass is 955 g/mol. The highest BCUT2D eigenvalue weighted by atomic mass is 32.2. The lowest BCUT2D eigenvalue weighted by molar-refractivity contribution is 0.481. The molecule has 0 radical (unpaired) electrons. The predicted octanol–water partition coefficient (Wildman–Crippen LogP) is 10.3. The van der Waals surface area contributed by atoms with Gasteiger partial charge < -0.3 is 10.4 Å². The Labute approximate surface area is 368 Å². The van der Waals surface area contributed by atoms with Crippen LogP contribution in [0.2, 0.25) is 0 Å². The van der Waals surface area contributed by atoms with Gasteiger partial charge in [0.2, 0.25) is 0 Å². The number of hydrogen-bond acceptors (Lipinski definition) is 16. The minimum Gasteiger partial charge on any atom is -0.505 e. The Morgan fingerprint density at radius 1 is 0.400 bits per heavy atom. The first-order valence-corrected chi connectivity index (χ1v) is 24.2. The summed E-state index contributed by atoms with van der Waals surface area (Å²) in [5.74, 6) is -0.159. The largest absolute Gasteiger partial charge is 0.505 e. The summed E-state index contributed by atoms with van der Waals surface area (Å²) in [7, 11) is -17.6. The minimum absolute atomic E-state index is 0.0155. The third-order valence-electron chi connectivity index (χ3n) is 10.0. The van der Waals surface area contributed by atoms with Crippen molar-refractivity contribution in [1.29, 1.82) is 0 Å². The van der Waals surface area contributed by atoms with E-state index in [0.717, 1.165) is 59.6 Å². The fraction of sp³-hybridized carbons (Fsp3) is 0.0244. The number of aromatic hydroxyl groups is 1. The molecule has 0 atom stereocenters. The van der Waals surface area contributed by atoms with Gasteiger partial charge in [-0.05, 0) is 96.4 Å². The van der Waals surface area contributed by atoms with Crippen LogP contribution >= 0.6 is 0 Å². The number of hydrogen-bond donors (Lipinski definition) is 6. The number of azo groups is 3. The lowest BCUT2D eigenvalue weighted by Gasteiger charge is -2.09. The molecule has 8 aromatic carbocycles. The smallest absolute Gasteiger partial charge is 0.295 e. The Hall–Kier alpha value is -7.16. The van der Waals surface area contributed by atoms with Gasteiger partial charge in [0.05, 0.1) is 38.2 Å². The summed E-state index contributed by atoms with van der Waals surface area (Å²) in [5.41, 5.74) is 0.919. The topological polar surface area (TPSA) is 324 Å².